The van der Waals surface area contributed by atoms with Crippen molar-refractivity contribution in [2.24, 2.45) is 5.92 Å². The minimum atomic E-state index is -0.203. The number of nitrogens with zero attached hydrogens (tertiary/aromatic N) is 1. The highest BCUT2D eigenvalue weighted by Gasteiger charge is 2.10. The Balaban J connectivity index is 3.66. The van der Waals surface area contributed by atoms with Gasteiger partial charge in [-0.3, -0.25) is 0 Å². The molecule has 0 saturated heterocycles. The minimum Gasteiger partial charge on any atom is -0.363 e. The summed E-state index contributed by atoms with van der Waals surface area (Å²) < 4.78 is 5.53. The molecule has 0 aromatic rings. The number of nitriles is 1. The van der Waals surface area contributed by atoms with Crippen molar-refractivity contribution in [2.75, 3.05) is 6.61 Å². The summed E-state index contributed by atoms with van der Waals surface area (Å²) in [7, 11) is 0. The van der Waals surface area contributed by atoms with Crippen LogP contribution in [0, 0.1) is 17.2 Å². The Hall–Kier alpha value is -0.550. The molecule has 0 aromatic carbocycles. The first-order valence-corrected chi connectivity index (χ1v) is 5.79. The van der Waals surface area contributed by atoms with Gasteiger partial charge in [-0.1, -0.05) is 40.0 Å². The molecule has 2 unspecified atom stereocenters. The van der Waals surface area contributed by atoms with Crippen LogP contribution in [0.3, 0.4) is 0 Å². The van der Waals surface area contributed by atoms with Crippen LogP contribution in [0.1, 0.15) is 52.9 Å². The van der Waals surface area contributed by atoms with Crippen LogP contribution in [0.4, 0.5) is 0 Å². The fourth-order valence-corrected chi connectivity index (χ4v) is 1.40. The summed E-state index contributed by atoms with van der Waals surface area (Å²) in [6, 6.07) is 2.17. The van der Waals surface area contributed by atoms with Crippen molar-refractivity contribution in [3.05, 3.63) is 0 Å². The van der Waals surface area contributed by atoms with E-state index < -0.39 is 0 Å². The van der Waals surface area contributed by atoms with Crippen LogP contribution in [-0.4, -0.2) is 12.7 Å². The number of rotatable bonds is 8. The van der Waals surface area contributed by atoms with Gasteiger partial charge >= 0.3 is 0 Å². The third kappa shape index (κ3) is 5.99. The van der Waals surface area contributed by atoms with E-state index in [2.05, 4.69) is 19.9 Å². The zero-order valence-corrected chi connectivity index (χ0v) is 9.75. The highest BCUT2D eigenvalue weighted by molar-refractivity contribution is 4.82. The lowest BCUT2D eigenvalue weighted by atomic mass is 10.0. The smallest absolute Gasteiger partial charge is 0.143 e. The Morgan fingerprint density at radius 1 is 1.21 bits per heavy atom. The first kappa shape index (κ1) is 13.4. The molecule has 0 bridgehead atoms. The van der Waals surface area contributed by atoms with Gasteiger partial charge in [0.25, 0.3) is 0 Å². The minimum absolute atomic E-state index is 0.203. The number of unbranched alkanes of at least 4 members (excludes halogenated alkanes) is 1. The number of hydrogen-bond acceptors (Lipinski definition) is 2. The molecule has 2 atom stereocenters. The van der Waals surface area contributed by atoms with E-state index in [1.165, 1.54) is 19.3 Å². The van der Waals surface area contributed by atoms with Gasteiger partial charge in [-0.2, -0.15) is 5.26 Å². The van der Waals surface area contributed by atoms with Gasteiger partial charge in [0, 0.05) is 0 Å². The first-order chi connectivity index (χ1) is 6.78. The highest BCUT2D eigenvalue weighted by atomic mass is 16.5. The summed E-state index contributed by atoms with van der Waals surface area (Å²) in [6.45, 7) is 7.14. The van der Waals surface area contributed by atoms with Gasteiger partial charge in [-0.15, -0.1) is 0 Å². The fraction of sp³-hybridized carbons (Fsp3) is 0.917. The van der Waals surface area contributed by atoms with Gasteiger partial charge in [0.2, 0.25) is 0 Å². The Bertz CT molecular complexity index is 162. The number of ether oxygens (including phenoxy) is 1. The molecular formula is C12H23NO. The van der Waals surface area contributed by atoms with Crippen molar-refractivity contribution >= 4 is 0 Å². The Kier molecular flexibility index (Phi) is 8.67. The molecule has 14 heavy (non-hydrogen) atoms. The molecule has 0 saturated carbocycles. The summed E-state index contributed by atoms with van der Waals surface area (Å²) in [5, 5.41) is 8.71. The topological polar surface area (TPSA) is 33.0 Å². The lowest BCUT2D eigenvalue weighted by Crippen LogP contribution is -2.16. The average molecular weight is 197 g/mol. The SMILES string of the molecule is CCCCC(CC)COC(C#N)CC. The second kappa shape index (κ2) is 9.02. The molecule has 0 rings (SSSR count). The van der Waals surface area contributed by atoms with Gasteiger partial charge in [-0.05, 0) is 18.8 Å². The Labute approximate surface area is 88.3 Å². The summed E-state index contributed by atoms with van der Waals surface area (Å²) >= 11 is 0. The molecule has 0 radical (unpaired) electrons. The molecule has 0 fully saturated rings. The van der Waals surface area contributed by atoms with Crippen molar-refractivity contribution in [1.29, 1.82) is 5.26 Å². The van der Waals surface area contributed by atoms with Crippen LogP contribution in [0.2, 0.25) is 0 Å². The van der Waals surface area contributed by atoms with Crippen LogP contribution in [-0.2, 0) is 4.74 Å². The molecule has 0 aliphatic carbocycles. The van der Waals surface area contributed by atoms with Crippen LogP contribution in [0.5, 0.6) is 0 Å². The second-order valence-electron chi connectivity index (χ2n) is 3.78. The van der Waals surface area contributed by atoms with Crippen LogP contribution in [0.15, 0.2) is 0 Å². The molecular weight excluding hydrogens is 174 g/mol. The molecule has 2 nitrogen and oxygen atoms in total. The van der Waals surface area contributed by atoms with Gasteiger partial charge in [-0.25, -0.2) is 0 Å². The van der Waals surface area contributed by atoms with E-state index in [1.54, 1.807) is 0 Å². The first-order valence-electron chi connectivity index (χ1n) is 5.79. The van der Waals surface area contributed by atoms with E-state index in [0.717, 1.165) is 19.4 Å². The largest absolute Gasteiger partial charge is 0.363 e. The van der Waals surface area contributed by atoms with E-state index in [0.29, 0.717) is 5.92 Å². The average Bonchev–Trinajstić information content (AvgIpc) is 2.23. The quantitative estimate of drug-likeness (QED) is 0.596. The zero-order valence-electron chi connectivity index (χ0n) is 9.75. The molecule has 0 amide bonds. The maximum Gasteiger partial charge on any atom is 0.143 e. The normalized spacial score (nSPS) is 14.7. The predicted octanol–water partition coefficient (Wildman–Crippen LogP) is 3.52. The molecule has 82 valence electrons. The van der Waals surface area contributed by atoms with Crippen LogP contribution in [0.25, 0.3) is 0 Å². The molecule has 2 heteroatoms. The second-order valence-corrected chi connectivity index (χ2v) is 3.78. The molecule has 0 aliphatic heterocycles. The maximum absolute atomic E-state index is 8.71. The van der Waals surface area contributed by atoms with Crippen molar-refractivity contribution in [2.45, 2.75) is 59.0 Å². The van der Waals surface area contributed by atoms with Crippen molar-refractivity contribution < 1.29 is 4.74 Å². The van der Waals surface area contributed by atoms with E-state index in [9.17, 15) is 0 Å². The summed E-state index contributed by atoms with van der Waals surface area (Å²) in [5.41, 5.74) is 0. The number of hydrogen-bond donors (Lipinski definition) is 0. The Morgan fingerprint density at radius 3 is 2.36 bits per heavy atom. The molecule has 0 spiro atoms. The van der Waals surface area contributed by atoms with E-state index in [4.69, 9.17) is 10.00 Å². The zero-order chi connectivity index (χ0) is 10.8. The third-order valence-corrected chi connectivity index (χ3v) is 2.59. The monoisotopic (exact) mass is 197 g/mol. The lowest BCUT2D eigenvalue weighted by molar-refractivity contribution is 0.0551. The van der Waals surface area contributed by atoms with E-state index in [1.807, 2.05) is 6.92 Å². The van der Waals surface area contributed by atoms with Gasteiger partial charge in [0.1, 0.15) is 6.10 Å². The van der Waals surface area contributed by atoms with Gasteiger partial charge < -0.3 is 4.74 Å². The highest BCUT2D eigenvalue weighted by Crippen LogP contribution is 2.14. The standard InChI is InChI=1S/C12H23NO/c1-4-7-8-11(5-2)10-14-12(6-3)9-13/h11-12H,4-8,10H2,1-3H3. The van der Waals surface area contributed by atoms with Crippen LogP contribution < -0.4 is 0 Å². The van der Waals surface area contributed by atoms with Crippen molar-refractivity contribution in [3.8, 4) is 6.07 Å². The fourth-order valence-electron chi connectivity index (χ4n) is 1.40. The Morgan fingerprint density at radius 2 is 1.93 bits per heavy atom. The maximum atomic E-state index is 8.71. The van der Waals surface area contributed by atoms with Crippen LogP contribution >= 0.6 is 0 Å². The van der Waals surface area contributed by atoms with Gasteiger partial charge in [0.05, 0.1) is 12.7 Å². The van der Waals surface area contributed by atoms with E-state index in [-0.39, 0.29) is 6.10 Å². The third-order valence-electron chi connectivity index (χ3n) is 2.59. The summed E-state index contributed by atoms with van der Waals surface area (Å²) in [4.78, 5) is 0. The summed E-state index contributed by atoms with van der Waals surface area (Å²) in [5.74, 6) is 0.636. The molecule has 0 heterocycles. The predicted molar refractivity (Wildman–Crippen MR) is 59.0 cm³/mol. The molecule has 0 aromatic heterocycles. The van der Waals surface area contributed by atoms with E-state index >= 15 is 0 Å². The summed E-state index contributed by atoms with van der Waals surface area (Å²) in [6.07, 6.45) is 5.49. The lowest BCUT2D eigenvalue weighted by Gasteiger charge is -2.16. The van der Waals surface area contributed by atoms with Crippen molar-refractivity contribution in [1.82, 2.24) is 0 Å². The molecule has 0 aliphatic rings. The van der Waals surface area contributed by atoms with Crippen molar-refractivity contribution in [3.63, 3.8) is 0 Å². The van der Waals surface area contributed by atoms with Gasteiger partial charge in [0.15, 0.2) is 0 Å². The molecule has 0 N–H and O–H groups in total.